The van der Waals surface area contributed by atoms with Crippen molar-refractivity contribution in [3.63, 3.8) is 0 Å². The average Bonchev–Trinajstić information content (AvgIpc) is 2.03. The Kier molecular flexibility index (Phi) is 51.0. The summed E-state index contributed by atoms with van der Waals surface area (Å²) >= 11 is -0.346. The van der Waals surface area contributed by atoms with Crippen molar-refractivity contribution in [2.75, 3.05) is 53.1 Å². The van der Waals surface area contributed by atoms with Crippen molar-refractivity contribution in [1.82, 2.24) is 0 Å². The van der Waals surface area contributed by atoms with Crippen LogP contribution in [-0.4, -0.2) is 53.1 Å². The Hall–Kier alpha value is 1.98. The maximum absolute atomic E-state index is 4.90. The third-order valence-corrected chi connectivity index (χ3v) is 0.167. The van der Waals surface area contributed by atoms with Gasteiger partial charge in [0.25, 0.3) is 0 Å². The zero-order valence-corrected chi connectivity index (χ0v) is 15.6. The van der Waals surface area contributed by atoms with Crippen LogP contribution in [0.2, 0.25) is 0 Å². The molecule has 0 heterocycles. The molecule has 15 heavy (non-hydrogen) atoms. The van der Waals surface area contributed by atoms with E-state index in [1.54, 1.807) is 0 Å². The number of hydrogen-bond acceptors (Lipinski definition) is 2. The summed E-state index contributed by atoms with van der Waals surface area (Å²) in [5.41, 5.74) is 9.81. The molecule has 0 unspecified atom stereocenters. The Bertz CT molecular complexity index is 68.2. The van der Waals surface area contributed by atoms with Crippen molar-refractivity contribution < 1.29 is 15.1 Å². The molecule has 0 aliphatic carbocycles. The predicted octanol–water partition coefficient (Wildman–Crippen LogP) is 3.00. The summed E-state index contributed by atoms with van der Waals surface area (Å²) < 4.78 is 0. The van der Waals surface area contributed by atoms with Crippen LogP contribution in [0.25, 0.3) is 0 Å². The first-order chi connectivity index (χ1) is 6.79. The van der Waals surface area contributed by atoms with Gasteiger partial charge in [0, 0.05) is 13.1 Å². The molecule has 0 saturated carbocycles. The number of hydrogen-bond donors (Lipinski definition) is 2. The molecular weight excluding hydrogens is 358 g/mol. The van der Waals surface area contributed by atoms with Crippen molar-refractivity contribution >= 4 is 35.2 Å². The van der Waals surface area contributed by atoms with Crippen LogP contribution in [0.1, 0.15) is 0 Å². The quantitative estimate of drug-likeness (QED) is 0.540. The van der Waals surface area contributed by atoms with E-state index in [0.717, 1.165) is 0 Å². The van der Waals surface area contributed by atoms with Crippen LogP contribution in [-0.2, 0) is 15.1 Å². The average molecular weight is 384 g/mol. The summed E-state index contributed by atoms with van der Waals surface area (Å²) in [5.74, 6) is 0. The van der Waals surface area contributed by atoms with Gasteiger partial charge >= 0.3 is 34.5 Å². The first-order valence-corrected chi connectivity index (χ1v) is 14.1. The number of halogens is 2. The predicted molar refractivity (Wildman–Crippen MR) is 79.2 cm³/mol. The van der Waals surface area contributed by atoms with Gasteiger partial charge < -0.3 is 11.5 Å². The number of nitrogens with two attached hydrogens (primary N) is 2. The van der Waals surface area contributed by atoms with Crippen LogP contribution < -0.4 is 11.5 Å². The molecule has 0 aliphatic heterocycles. The Morgan fingerprint density at radius 2 is 0.867 bits per heavy atom. The molecule has 0 rings (SSSR count). The monoisotopic (exact) mass is 384 g/mol. The van der Waals surface area contributed by atoms with Crippen molar-refractivity contribution in [2.24, 2.45) is 11.5 Å². The summed E-state index contributed by atoms with van der Waals surface area (Å²) in [6.07, 6.45) is 0. The molecule has 0 spiro atoms. The normalized spacial score (nSPS) is 8.27. The fourth-order valence-electron chi connectivity index (χ4n) is 0. The Morgan fingerprint density at radius 3 is 0.867 bits per heavy atom. The Morgan fingerprint density at radius 1 is 0.800 bits per heavy atom. The van der Waals surface area contributed by atoms with Crippen LogP contribution in [0.4, 0.5) is 0 Å². The summed E-state index contributed by atoms with van der Waals surface area (Å²) in [6, 6.07) is 0. The third-order valence-electron chi connectivity index (χ3n) is 0.167. The van der Waals surface area contributed by atoms with Gasteiger partial charge in [-0.3, -0.25) is 0 Å². The van der Waals surface area contributed by atoms with E-state index in [9.17, 15) is 0 Å². The van der Waals surface area contributed by atoms with Crippen molar-refractivity contribution in [2.45, 2.75) is 0 Å². The molecule has 4 N–H and O–H groups in total. The van der Waals surface area contributed by atoms with E-state index in [2.05, 4.69) is 40.0 Å². The van der Waals surface area contributed by atoms with Crippen LogP contribution in [0, 0.1) is 0 Å². The molecule has 7 heteroatoms. The molecular formula is C8H26Cl2N2P2Ru. The summed E-state index contributed by atoms with van der Waals surface area (Å²) in [5, 5.41) is 0. The summed E-state index contributed by atoms with van der Waals surface area (Å²) in [6.45, 7) is 14.6. The van der Waals surface area contributed by atoms with Crippen LogP contribution >= 0.6 is 35.2 Å². The molecule has 100 valence electrons. The van der Waals surface area contributed by atoms with E-state index >= 15 is 0 Å². The molecule has 0 saturated heterocycles. The minimum atomic E-state index is -0.346. The molecule has 0 aromatic carbocycles. The second kappa shape index (κ2) is 29.7. The van der Waals surface area contributed by atoms with Gasteiger partial charge in [0.05, 0.1) is 0 Å². The molecule has 0 atom stereocenters. The first kappa shape index (κ1) is 25.7. The van der Waals surface area contributed by atoms with E-state index < -0.39 is 0 Å². The molecule has 0 aromatic heterocycles. The second-order valence-electron chi connectivity index (χ2n) is 3.31. The fraction of sp³-hybridized carbons (Fsp3) is 1.00. The van der Waals surface area contributed by atoms with Gasteiger partial charge in [-0.15, -0.1) is 15.8 Å². The van der Waals surface area contributed by atoms with E-state index in [1.165, 1.54) is 0 Å². The Labute approximate surface area is 114 Å². The summed E-state index contributed by atoms with van der Waals surface area (Å²) in [7, 11) is 10.5. The number of rotatable bonds is 1. The van der Waals surface area contributed by atoms with E-state index in [1.807, 2.05) is 0 Å². The summed E-state index contributed by atoms with van der Waals surface area (Å²) in [4.78, 5) is 0. The van der Waals surface area contributed by atoms with Gasteiger partial charge in [0.15, 0.2) is 0 Å². The zero-order valence-electron chi connectivity index (χ0n) is 10.6. The van der Waals surface area contributed by atoms with Gasteiger partial charge in [-0.25, -0.2) is 0 Å². The second-order valence-corrected chi connectivity index (χ2v) is 11.3. The zero-order chi connectivity index (χ0) is 13.3. The molecule has 2 nitrogen and oxygen atoms in total. The van der Waals surface area contributed by atoms with Gasteiger partial charge in [-0.1, -0.05) is 0 Å². The van der Waals surface area contributed by atoms with Crippen LogP contribution in [0.5, 0.6) is 0 Å². The van der Waals surface area contributed by atoms with Gasteiger partial charge in [0.2, 0.25) is 0 Å². The van der Waals surface area contributed by atoms with Crippen LogP contribution in [0.3, 0.4) is 0 Å². The molecule has 0 amide bonds. The molecule has 0 radical (unpaired) electrons. The molecule has 0 aromatic rings. The van der Waals surface area contributed by atoms with Gasteiger partial charge in [-0.2, -0.15) is 0 Å². The Balaban J connectivity index is -0.0000000542. The molecule has 0 aliphatic rings. The first-order valence-electron chi connectivity index (χ1n) is 4.27. The third kappa shape index (κ3) is 351. The fourth-order valence-corrected chi connectivity index (χ4v) is 0. The topological polar surface area (TPSA) is 52.0 Å². The van der Waals surface area contributed by atoms with Gasteiger partial charge in [0.1, 0.15) is 0 Å². The maximum atomic E-state index is 4.90. The SMILES string of the molecule is CP(C)C.CP(C)C.NCCN.[Cl][Ru][Cl]. The van der Waals surface area contributed by atoms with Crippen molar-refractivity contribution in [3.8, 4) is 0 Å². The standard InChI is InChI=1S/2C3H9P.C2H8N2.2ClH.Ru/c2*1-4(2)3;3-1-2-4;;;/h2*1-3H3;1-4H2;2*1H;/q;;;;;+2/p-2. The van der Waals surface area contributed by atoms with E-state index in [0.29, 0.717) is 28.9 Å². The minimum absolute atomic E-state index is 0.346. The van der Waals surface area contributed by atoms with Crippen molar-refractivity contribution in [1.29, 1.82) is 0 Å². The molecule has 0 fully saturated rings. The van der Waals surface area contributed by atoms with Crippen LogP contribution in [0.15, 0.2) is 0 Å². The molecule has 0 bridgehead atoms. The van der Waals surface area contributed by atoms with Crippen molar-refractivity contribution in [3.05, 3.63) is 0 Å². The van der Waals surface area contributed by atoms with E-state index in [-0.39, 0.29) is 15.1 Å². The van der Waals surface area contributed by atoms with E-state index in [4.69, 9.17) is 30.8 Å². The van der Waals surface area contributed by atoms with Gasteiger partial charge in [-0.05, 0) is 40.0 Å².